The average molecular weight is 324 g/mol. The van der Waals surface area contributed by atoms with Gasteiger partial charge in [0.25, 0.3) is 0 Å². The van der Waals surface area contributed by atoms with Gasteiger partial charge in [-0.05, 0) is 30.5 Å². The number of imidazole rings is 1. The van der Waals surface area contributed by atoms with E-state index in [1.54, 1.807) is 6.20 Å². The maximum Gasteiger partial charge on any atom is 0.168 e. The highest BCUT2D eigenvalue weighted by Gasteiger charge is 2.22. The molecule has 1 heterocycles. The molecule has 0 saturated heterocycles. The Kier molecular flexibility index (Phi) is 4.78. The van der Waals surface area contributed by atoms with Crippen molar-refractivity contribution in [2.75, 3.05) is 0 Å². The zero-order valence-corrected chi connectivity index (χ0v) is 13.0. The Hall–Kier alpha value is -1.40. The van der Waals surface area contributed by atoms with E-state index in [9.17, 15) is 13.9 Å². The van der Waals surface area contributed by atoms with Gasteiger partial charge in [-0.1, -0.05) is 24.6 Å². The summed E-state index contributed by atoms with van der Waals surface area (Å²) in [4.78, 5) is 4.37. The molecule has 3 nitrogen and oxygen atoms in total. The first kappa shape index (κ1) is 15.5. The number of hydrogen-bond donors (Lipinski definition) is 1. The van der Waals surface area contributed by atoms with E-state index in [1.165, 1.54) is 36.7 Å². The smallest absolute Gasteiger partial charge is 0.168 e. The summed E-state index contributed by atoms with van der Waals surface area (Å²) in [6.07, 6.45) is 6.24. The second-order valence-electron chi connectivity index (χ2n) is 5.56. The van der Waals surface area contributed by atoms with E-state index >= 15 is 0 Å². The number of hydrogen-bond acceptors (Lipinski definition) is 3. The van der Waals surface area contributed by atoms with E-state index in [2.05, 4.69) is 9.55 Å². The lowest BCUT2D eigenvalue weighted by molar-refractivity contribution is 0.263. The summed E-state index contributed by atoms with van der Waals surface area (Å²) in [7, 11) is 0. The first-order valence-corrected chi connectivity index (χ1v) is 8.40. The third-order valence-corrected chi connectivity index (χ3v) is 5.02. The largest absolute Gasteiger partial charge is 0.390 e. The van der Waals surface area contributed by atoms with Gasteiger partial charge in [0.05, 0.1) is 18.5 Å². The van der Waals surface area contributed by atoms with Gasteiger partial charge in [0.1, 0.15) is 11.6 Å². The zero-order valence-electron chi connectivity index (χ0n) is 12.1. The van der Waals surface area contributed by atoms with Crippen LogP contribution in [0.3, 0.4) is 0 Å². The van der Waals surface area contributed by atoms with Crippen LogP contribution in [0.15, 0.2) is 29.6 Å². The van der Waals surface area contributed by atoms with Gasteiger partial charge in [0.15, 0.2) is 5.16 Å². The van der Waals surface area contributed by atoms with E-state index < -0.39 is 11.6 Å². The normalized spacial score (nSPS) is 15.6. The first-order chi connectivity index (χ1) is 10.7. The molecule has 1 aliphatic carbocycles. The second kappa shape index (κ2) is 6.79. The minimum absolute atomic E-state index is 0.0430. The molecule has 0 atom stereocenters. The maximum atomic E-state index is 13.2. The molecule has 1 fully saturated rings. The summed E-state index contributed by atoms with van der Waals surface area (Å²) in [6, 6.07) is 3.92. The standard InChI is InChI=1S/C16H18F2N2OS/c17-12-5-11(6-13(18)7-12)10-22-16-19-8-15(9-21)20(16)14-3-1-2-4-14/h5-8,14,21H,1-4,9-10H2. The molecule has 3 rings (SSSR count). The van der Waals surface area contributed by atoms with E-state index in [4.69, 9.17) is 0 Å². The van der Waals surface area contributed by atoms with Crippen molar-refractivity contribution >= 4 is 11.8 Å². The monoisotopic (exact) mass is 324 g/mol. The highest BCUT2D eigenvalue weighted by Crippen LogP contribution is 2.35. The van der Waals surface area contributed by atoms with Gasteiger partial charge < -0.3 is 9.67 Å². The minimum Gasteiger partial charge on any atom is -0.390 e. The van der Waals surface area contributed by atoms with Crippen LogP contribution >= 0.6 is 11.8 Å². The summed E-state index contributed by atoms with van der Waals surface area (Å²) < 4.78 is 28.6. The number of thioether (sulfide) groups is 1. The van der Waals surface area contributed by atoms with Gasteiger partial charge in [-0.2, -0.15) is 0 Å². The third-order valence-electron chi connectivity index (χ3n) is 3.98. The topological polar surface area (TPSA) is 38.1 Å². The first-order valence-electron chi connectivity index (χ1n) is 7.42. The Labute approximate surface area is 132 Å². The molecular weight excluding hydrogens is 306 g/mol. The lowest BCUT2D eigenvalue weighted by Gasteiger charge is -2.17. The quantitative estimate of drug-likeness (QED) is 0.843. The lowest BCUT2D eigenvalue weighted by Crippen LogP contribution is -2.10. The zero-order chi connectivity index (χ0) is 15.5. The van der Waals surface area contributed by atoms with Crippen LogP contribution in [-0.2, 0) is 12.4 Å². The van der Waals surface area contributed by atoms with Crippen molar-refractivity contribution < 1.29 is 13.9 Å². The predicted molar refractivity (Wildman–Crippen MR) is 81.6 cm³/mol. The molecule has 1 saturated carbocycles. The van der Waals surface area contributed by atoms with Gasteiger partial charge >= 0.3 is 0 Å². The van der Waals surface area contributed by atoms with Gasteiger partial charge in [0.2, 0.25) is 0 Å². The summed E-state index contributed by atoms with van der Waals surface area (Å²) in [5, 5.41) is 10.3. The van der Waals surface area contributed by atoms with Gasteiger partial charge in [-0.3, -0.25) is 0 Å². The molecule has 0 bridgehead atoms. The Morgan fingerprint density at radius 1 is 1.18 bits per heavy atom. The molecule has 6 heteroatoms. The van der Waals surface area contributed by atoms with Crippen LogP contribution < -0.4 is 0 Å². The summed E-state index contributed by atoms with van der Waals surface area (Å²) >= 11 is 1.45. The fourth-order valence-corrected chi connectivity index (χ4v) is 3.99. The molecule has 118 valence electrons. The molecule has 0 radical (unpaired) electrons. The molecule has 1 aliphatic rings. The van der Waals surface area contributed by atoms with Gasteiger partial charge in [-0.25, -0.2) is 13.8 Å². The molecule has 0 amide bonds. The van der Waals surface area contributed by atoms with E-state index in [1.807, 2.05) is 0 Å². The SMILES string of the molecule is OCc1cnc(SCc2cc(F)cc(F)c2)n1C1CCCC1. The Morgan fingerprint density at radius 3 is 2.50 bits per heavy atom. The molecule has 2 aromatic rings. The lowest BCUT2D eigenvalue weighted by atomic mass is 10.2. The number of halogens is 2. The highest BCUT2D eigenvalue weighted by molar-refractivity contribution is 7.98. The van der Waals surface area contributed by atoms with E-state index in [0.29, 0.717) is 17.4 Å². The minimum atomic E-state index is -0.564. The number of aromatic nitrogens is 2. The molecule has 22 heavy (non-hydrogen) atoms. The van der Waals surface area contributed by atoms with Crippen molar-refractivity contribution in [3.05, 3.63) is 47.3 Å². The van der Waals surface area contributed by atoms with E-state index in [0.717, 1.165) is 29.8 Å². The summed E-state index contributed by atoms with van der Waals surface area (Å²) in [5.41, 5.74) is 1.40. The van der Waals surface area contributed by atoms with Crippen molar-refractivity contribution in [3.63, 3.8) is 0 Å². The fraction of sp³-hybridized carbons (Fsp3) is 0.438. The van der Waals surface area contributed by atoms with Crippen LogP contribution in [0.5, 0.6) is 0 Å². The molecule has 1 aromatic heterocycles. The summed E-state index contributed by atoms with van der Waals surface area (Å²) in [6.45, 7) is -0.0430. The van der Waals surface area contributed by atoms with Crippen molar-refractivity contribution in [2.24, 2.45) is 0 Å². The Balaban J connectivity index is 1.78. The van der Waals surface area contributed by atoms with Crippen LogP contribution in [-0.4, -0.2) is 14.7 Å². The van der Waals surface area contributed by atoms with Crippen LogP contribution in [0.25, 0.3) is 0 Å². The summed E-state index contributed by atoms with van der Waals surface area (Å²) in [5.74, 6) is -0.680. The second-order valence-corrected chi connectivity index (χ2v) is 6.51. The molecule has 1 N–H and O–H groups in total. The van der Waals surface area contributed by atoms with E-state index in [-0.39, 0.29) is 6.61 Å². The van der Waals surface area contributed by atoms with Gasteiger partial charge in [0, 0.05) is 17.9 Å². The molecule has 0 unspecified atom stereocenters. The predicted octanol–water partition coefficient (Wildman–Crippen LogP) is 4.06. The number of aliphatic hydroxyl groups is 1. The fourth-order valence-electron chi connectivity index (χ4n) is 3.00. The van der Waals surface area contributed by atoms with Crippen LogP contribution in [0, 0.1) is 11.6 Å². The highest BCUT2D eigenvalue weighted by atomic mass is 32.2. The van der Waals surface area contributed by atoms with Crippen LogP contribution in [0.1, 0.15) is 43.0 Å². The van der Waals surface area contributed by atoms with Crippen molar-refractivity contribution in [1.29, 1.82) is 0 Å². The van der Waals surface area contributed by atoms with Gasteiger partial charge in [-0.15, -0.1) is 0 Å². The van der Waals surface area contributed by atoms with Crippen LogP contribution in [0.4, 0.5) is 8.78 Å². The maximum absolute atomic E-state index is 13.2. The third kappa shape index (κ3) is 3.33. The van der Waals surface area contributed by atoms with Crippen molar-refractivity contribution in [2.45, 2.75) is 49.2 Å². The van der Waals surface area contributed by atoms with Crippen molar-refractivity contribution in [1.82, 2.24) is 9.55 Å². The Morgan fingerprint density at radius 2 is 1.86 bits per heavy atom. The number of benzene rings is 1. The molecular formula is C16H18F2N2OS. The number of nitrogens with zero attached hydrogens (tertiary/aromatic N) is 2. The average Bonchev–Trinajstić information content (AvgIpc) is 3.12. The van der Waals surface area contributed by atoms with Crippen LogP contribution in [0.2, 0.25) is 0 Å². The molecule has 0 aliphatic heterocycles. The van der Waals surface area contributed by atoms with Crippen molar-refractivity contribution in [3.8, 4) is 0 Å². The molecule has 1 aromatic carbocycles. The Bertz CT molecular complexity index is 633. The number of aliphatic hydroxyl groups excluding tert-OH is 1. The molecule has 0 spiro atoms. The number of rotatable bonds is 5.